The van der Waals surface area contributed by atoms with Gasteiger partial charge in [0.1, 0.15) is 11.4 Å². The summed E-state index contributed by atoms with van der Waals surface area (Å²) < 4.78 is 234. The fourth-order valence-electron chi connectivity index (χ4n) is 1.39. The molecule has 0 aliphatic rings. The van der Waals surface area contributed by atoms with Crippen LogP contribution in [-0.4, -0.2) is 43.5 Å². The summed E-state index contributed by atoms with van der Waals surface area (Å²) in [5.41, 5.74) is 1.65. The SMILES string of the molecule is F[B-](F)(F)F.F[B-](F)(F)F.F[B-](F)(F)F.F[B-](F)(F)F.F[B-](F)(F)F.F[B-](F)(F)F.N#[N+]N(c1ccccc1)c1ccccc1. The predicted octanol–water partition coefficient (Wildman–Crippen LogP) is 11.4. The summed E-state index contributed by atoms with van der Waals surface area (Å²) in [5.74, 6) is 0. The molecular formula is C12H10B6F24N3-5. The van der Waals surface area contributed by atoms with Crippen LogP contribution in [0.2, 0.25) is 0 Å². The number of nitrogens with zero attached hydrogens (tertiary/aromatic N) is 3. The first kappa shape index (κ1) is 51.0. The largest absolute Gasteiger partial charge is 0.673 e. The molecule has 45 heavy (non-hydrogen) atoms. The molecule has 3 nitrogen and oxygen atoms in total. The molecule has 0 aromatic heterocycles. The molecule has 0 aliphatic heterocycles. The van der Waals surface area contributed by atoms with E-state index in [-0.39, 0.29) is 0 Å². The number of hydrogen-bond donors (Lipinski definition) is 0. The molecule has 0 heterocycles. The molecule has 264 valence electrons. The van der Waals surface area contributed by atoms with Crippen molar-refractivity contribution in [3.8, 4) is 0 Å². The van der Waals surface area contributed by atoms with Gasteiger partial charge < -0.3 is 104 Å². The van der Waals surface area contributed by atoms with E-state index in [4.69, 9.17) is 5.39 Å². The Morgan fingerprint density at radius 3 is 0.578 bits per heavy atom. The van der Waals surface area contributed by atoms with Crippen LogP contribution in [-0.2, 0) is 0 Å². The lowest BCUT2D eigenvalue weighted by molar-refractivity contribution is 0.366. The summed E-state index contributed by atoms with van der Waals surface area (Å²) in [7, 11) is -36.0. The highest BCUT2D eigenvalue weighted by molar-refractivity contribution is 6.51. The maximum Gasteiger partial charge on any atom is 0.673 e. The quantitative estimate of drug-likeness (QED) is 0.134. The molecular weight excluding hydrogens is 707 g/mol. The first-order valence-electron chi connectivity index (χ1n) is 9.91. The summed E-state index contributed by atoms with van der Waals surface area (Å²) in [6.07, 6.45) is 0. The molecule has 33 heteroatoms. The molecule has 2 rings (SSSR count). The second-order valence-electron chi connectivity index (χ2n) is 6.04. The maximum atomic E-state index is 9.75. The zero-order valence-corrected chi connectivity index (χ0v) is 20.7. The number of rotatable bonds is 2. The van der Waals surface area contributed by atoms with Gasteiger partial charge in [-0.2, -0.15) is 0 Å². The molecule has 0 radical (unpaired) electrons. The van der Waals surface area contributed by atoms with Gasteiger partial charge in [0, 0.05) is 5.01 Å². The fourth-order valence-corrected chi connectivity index (χ4v) is 1.39. The standard InChI is InChI=1S/C12H10N3.6BF4/c13-14-15(11-7-3-1-4-8-11)12-9-5-2-6-10-12;6*2-1(3,4)5/h1-10H;;;;;;/q+1;6*-1. The average Bonchev–Trinajstić information content (AvgIpc) is 2.69. The van der Waals surface area contributed by atoms with Crippen molar-refractivity contribution < 1.29 is 104 Å². The average molecular weight is 717 g/mol. The van der Waals surface area contributed by atoms with E-state index in [9.17, 15) is 104 Å². The zero-order chi connectivity index (χ0) is 37.5. The fraction of sp³-hybridized carbons (Fsp3) is 0. The number of para-hydroxylation sites is 2. The van der Waals surface area contributed by atoms with Crippen molar-refractivity contribution in [1.82, 2.24) is 0 Å². The van der Waals surface area contributed by atoms with E-state index >= 15 is 0 Å². The molecule has 0 N–H and O–H groups in total. The van der Waals surface area contributed by atoms with Gasteiger partial charge in [0.15, 0.2) is 0 Å². The molecule has 0 atom stereocenters. The number of anilines is 2. The Labute approximate surface area is 235 Å². The third-order valence-corrected chi connectivity index (χ3v) is 2.09. The Morgan fingerprint density at radius 2 is 0.467 bits per heavy atom. The third kappa shape index (κ3) is 119. The smallest absolute Gasteiger partial charge is 0.418 e. The van der Waals surface area contributed by atoms with Crippen LogP contribution in [0.5, 0.6) is 0 Å². The lowest BCUT2D eigenvalue weighted by atomic mass is 10.2. The van der Waals surface area contributed by atoms with Gasteiger partial charge in [-0.3, -0.25) is 0 Å². The van der Waals surface area contributed by atoms with Crippen LogP contribution in [0.4, 0.5) is 115 Å². The van der Waals surface area contributed by atoms with E-state index in [0.29, 0.717) is 0 Å². The van der Waals surface area contributed by atoms with E-state index in [0.717, 1.165) is 11.4 Å². The summed E-state index contributed by atoms with van der Waals surface area (Å²) in [6.45, 7) is 0. The van der Waals surface area contributed by atoms with Gasteiger partial charge in [-0.1, -0.05) is 36.4 Å². The summed E-state index contributed by atoms with van der Waals surface area (Å²) >= 11 is 0. The Kier molecular flexibility index (Phi) is 25.8. The van der Waals surface area contributed by atoms with Gasteiger partial charge in [-0.25, -0.2) is 0 Å². The molecule has 0 spiro atoms. The zero-order valence-electron chi connectivity index (χ0n) is 20.7. The van der Waals surface area contributed by atoms with Crippen LogP contribution in [0.25, 0.3) is 5.08 Å². The van der Waals surface area contributed by atoms with Crippen LogP contribution in [0, 0.1) is 5.39 Å². The van der Waals surface area contributed by atoms with E-state index in [1.54, 1.807) is 0 Å². The normalized spacial score (nSPS) is 11.1. The van der Waals surface area contributed by atoms with E-state index in [2.05, 4.69) is 5.08 Å². The van der Waals surface area contributed by atoms with Crippen molar-refractivity contribution in [2.75, 3.05) is 5.01 Å². The van der Waals surface area contributed by atoms with Crippen LogP contribution in [0.3, 0.4) is 0 Å². The molecule has 0 saturated carbocycles. The van der Waals surface area contributed by atoms with E-state index < -0.39 is 43.5 Å². The molecule has 0 fully saturated rings. The Balaban J connectivity index is -0.000000151. The lowest BCUT2D eigenvalue weighted by Crippen LogP contribution is -2.04. The van der Waals surface area contributed by atoms with Crippen molar-refractivity contribution >= 4 is 54.9 Å². The molecule has 0 unspecified atom stereocenters. The van der Waals surface area contributed by atoms with E-state index in [1.807, 2.05) is 60.7 Å². The van der Waals surface area contributed by atoms with Gasteiger partial charge in [-0.05, 0) is 24.3 Å². The topological polar surface area (TPSA) is 31.4 Å². The van der Waals surface area contributed by atoms with Gasteiger partial charge in [-0.15, -0.1) is 0 Å². The highest BCUT2D eigenvalue weighted by atomic mass is 19.5. The minimum Gasteiger partial charge on any atom is -0.418 e. The maximum absolute atomic E-state index is 9.75. The van der Waals surface area contributed by atoms with E-state index in [1.165, 1.54) is 5.01 Å². The van der Waals surface area contributed by atoms with Crippen LogP contribution in [0.1, 0.15) is 0 Å². The third-order valence-electron chi connectivity index (χ3n) is 2.09. The highest BCUT2D eigenvalue weighted by Gasteiger charge is 2.23. The minimum absolute atomic E-state index is 0.825. The number of hydrogen-bond acceptors (Lipinski definition) is 2. The van der Waals surface area contributed by atoms with Crippen molar-refractivity contribution in [3.05, 3.63) is 65.7 Å². The second-order valence-corrected chi connectivity index (χ2v) is 6.04. The van der Waals surface area contributed by atoms with Crippen molar-refractivity contribution in [2.24, 2.45) is 0 Å². The molecule has 2 aromatic rings. The molecule has 0 saturated heterocycles. The summed E-state index contributed by atoms with van der Waals surface area (Å²) in [4.78, 5) is 0. The number of benzene rings is 2. The van der Waals surface area contributed by atoms with Crippen LogP contribution < -0.4 is 5.01 Å². The first-order chi connectivity index (χ1) is 19.4. The summed E-state index contributed by atoms with van der Waals surface area (Å²) in [6, 6.07) is 19.0. The molecule has 2 aromatic carbocycles. The second kappa shape index (κ2) is 22.8. The Hall–Kier alpha value is -3.63. The van der Waals surface area contributed by atoms with Crippen LogP contribution >= 0.6 is 0 Å². The Morgan fingerprint density at radius 1 is 0.333 bits per heavy atom. The number of diazo groups is 1. The van der Waals surface area contributed by atoms with Gasteiger partial charge in [0.2, 0.25) is 0 Å². The van der Waals surface area contributed by atoms with Gasteiger partial charge in [0.05, 0.1) is 0 Å². The lowest BCUT2D eigenvalue weighted by Gasteiger charge is -2.02. The highest BCUT2D eigenvalue weighted by Crippen LogP contribution is 2.24. The van der Waals surface area contributed by atoms with Gasteiger partial charge >= 0.3 is 48.6 Å². The Bertz CT molecular complexity index is 832. The van der Waals surface area contributed by atoms with Gasteiger partial charge in [0.25, 0.3) is 5.39 Å². The molecule has 0 amide bonds. The molecule has 0 bridgehead atoms. The molecule has 0 aliphatic carbocycles. The van der Waals surface area contributed by atoms with Crippen molar-refractivity contribution in [3.63, 3.8) is 0 Å². The number of halogens is 24. The van der Waals surface area contributed by atoms with Crippen molar-refractivity contribution in [1.29, 1.82) is 5.39 Å². The van der Waals surface area contributed by atoms with Crippen molar-refractivity contribution in [2.45, 2.75) is 0 Å². The summed E-state index contributed by atoms with van der Waals surface area (Å²) in [5, 5.41) is 13.7. The first-order valence-corrected chi connectivity index (χ1v) is 9.91. The van der Waals surface area contributed by atoms with Crippen LogP contribution in [0.15, 0.2) is 60.7 Å². The predicted molar refractivity (Wildman–Crippen MR) is 121 cm³/mol. The minimum atomic E-state index is -6.00. The monoisotopic (exact) mass is 718 g/mol.